The Morgan fingerprint density at radius 2 is 2.11 bits per heavy atom. The maximum Gasteiger partial charge on any atom is 0.417 e. The summed E-state index contributed by atoms with van der Waals surface area (Å²) in [6, 6.07) is 3.57. The van der Waals surface area contributed by atoms with Gasteiger partial charge >= 0.3 is 6.18 Å². The van der Waals surface area contributed by atoms with E-state index in [-0.39, 0.29) is 22.0 Å². The molecule has 19 heavy (non-hydrogen) atoms. The van der Waals surface area contributed by atoms with Crippen LogP contribution < -0.4 is 0 Å². The van der Waals surface area contributed by atoms with Crippen LogP contribution >= 0.6 is 15.9 Å². The predicted octanol–water partition coefficient (Wildman–Crippen LogP) is 4.09. The van der Waals surface area contributed by atoms with E-state index in [0.717, 1.165) is 18.9 Å². The fourth-order valence-corrected chi connectivity index (χ4v) is 2.88. The van der Waals surface area contributed by atoms with E-state index in [0.29, 0.717) is 6.54 Å². The summed E-state index contributed by atoms with van der Waals surface area (Å²) in [7, 11) is 0. The molecule has 1 saturated heterocycles. The van der Waals surface area contributed by atoms with Gasteiger partial charge in [-0.15, -0.1) is 0 Å². The second-order valence-corrected chi connectivity index (χ2v) is 5.54. The third-order valence-corrected chi connectivity index (χ3v) is 3.99. The van der Waals surface area contributed by atoms with Gasteiger partial charge in [-0.25, -0.2) is 0 Å². The van der Waals surface area contributed by atoms with Crippen LogP contribution in [0.25, 0.3) is 0 Å². The van der Waals surface area contributed by atoms with Crippen molar-refractivity contribution in [2.24, 2.45) is 0 Å². The predicted molar refractivity (Wildman–Crippen MR) is 68.9 cm³/mol. The highest BCUT2D eigenvalue weighted by atomic mass is 79.9. The van der Waals surface area contributed by atoms with Crippen LogP contribution in [0.1, 0.15) is 35.7 Å². The Morgan fingerprint density at radius 3 is 2.58 bits per heavy atom. The number of benzene rings is 1. The van der Waals surface area contributed by atoms with E-state index in [1.165, 1.54) is 12.1 Å². The number of carbonyl (C=O) groups is 1. The van der Waals surface area contributed by atoms with Crippen LogP contribution in [-0.2, 0) is 6.18 Å². The molecular formula is C13H13BrF3NO. The number of amides is 1. The molecule has 1 aromatic carbocycles. The van der Waals surface area contributed by atoms with Crippen molar-refractivity contribution in [3.05, 3.63) is 33.8 Å². The maximum atomic E-state index is 12.6. The van der Waals surface area contributed by atoms with Crippen molar-refractivity contribution in [3.63, 3.8) is 0 Å². The first-order chi connectivity index (χ1) is 8.80. The molecule has 1 atom stereocenters. The second kappa shape index (κ2) is 5.15. The Morgan fingerprint density at radius 1 is 1.42 bits per heavy atom. The van der Waals surface area contributed by atoms with Gasteiger partial charge in [-0.05, 0) is 38.0 Å². The normalized spacial score (nSPS) is 19.8. The van der Waals surface area contributed by atoms with Gasteiger partial charge < -0.3 is 4.90 Å². The van der Waals surface area contributed by atoms with Gasteiger partial charge in [-0.3, -0.25) is 4.79 Å². The SMILES string of the molecule is CC1CCCN1C(=O)c1ccc(C(F)(F)F)c(Br)c1. The van der Waals surface area contributed by atoms with Crippen LogP contribution in [0.3, 0.4) is 0 Å². The van der Waals surface area contributed by atoms with Crippen molar-refractivity contribution in [1.82, 2.24) is 4.90 Å². The van der Waals surface area contributed by atoms with Gasteiger partial charge in [0.05, 0.1) is 5.56 Å². The molecule has 1 fully saturated rings. The average Bonchev–Trinajstić information content (AvgIpc) is 2.72. The second-order valence-electron chi connectivity index (χ2n) is 4.68. The van der Waals surface area contributed by atoms with Gasteiger partial charge in [0.1, 0.15) is 0 Å². The quantitative estimate of drug-likeness (QED) is 0.756. The number of alkyl halides is 3. The number of carbonyl (C=O) groups excluding carboxylic acids is 1. The summed E-state index contributed by atoms with van der Waals surface area (Å²) in [5.74, 6) is -0.209. The Balaban J connectivity index is 2.27. The summed E-state index contributed by atoms with van der Waals surface area (Å²) in [6.07, 6.45) is -2.54. The minimum atomic E-state index is -4.42. The van der Waals surface area contributed by atoms with Gasteiger partial charge in [0.15, 0.2) is 0 Å². The largest absolute Gasteiger partial charge is 0.417 e. The zero-order valence-electron chi connectivity index (χ0n) is 10.3. The standard InChI is InChI=1S/C13H13BrF3NO/c1-8-3-2-6-18(8)12(19)9-4-5-10(11(14)7-9)13(15,16)17/h4-5,7-8H,2-3,6H2,1H3. The number of nitrogens with zero attached hydrogens (tertiary/aromatic N) is 1. The molecule has 2 rings (SSSR count). The molecule has 0 aromatic heterocycles. The van der Waals surface area contributed by atoms with Crippen LogP contribution in [0.2, 0.25) is 0 Å². The molecule has 0 N–H and O–H groups in total. The summed E-state index contributed by atoms with van der Waals surface area (Å²) in [5.41, 5.74) is -0.479. The van der Waals surface area contributed by atoms with Gasteiger partial charge in [0, 0.05) is 22.6 Å². The van der Waals surface area contributed by atoms with Gasteiger partial charge in [0.25, 0.3) is 5.91 Å². The van der Waals surface area contributed by atoms with Crippen molar-refractivity contribution in [2.75, 3.05) is 6.54 Å². The van der Waals surface area contributed by atoms with Crippen LogP contribution in [0.4, 0.5) is 13.2 Å². The van der Waals surface area contributed by atoms with Crippen molar-refractivity contribution in [2.45, 2.75) is 32.0 Å². The Labute approximate surface area is 117 Å². The lowest BCUT2D eigenvalue weighted by Crippen LogP contribution is -2.33. The van der Waals surface area contributed by atoms with E-state index in [9.17, 15) is 18.0 Å². The average molecular weight is 336 g/mol. The first-order valence-corrected chi connectivity index (χ1v) is 6.77. The lowest BCUT2D eigenvalue weighted by atomic mass is 10.1. The maximum absolute atomic E-state index is 12.6. The minimum absolute atomic E-state index is 0.0994. The van der Waals surface area contributed by atoms with E-state index in [1.54, 1.807) is 4.90 Å². The lowest BCUT2D eigenvalue weighted by Gasteiger charge is -2.22. The molecule has 1 heterocycles. The Hall–Kier alpha value is -1.04. The molecule has 1 aliphatic heterocycles. The third-order valence-electron chi connectivity index (χ3n) is 3.34. The third kappa shape index (κ3) is 2.94. The molecule has 0 bridgehead atoms. The van der Waals surface area contributed by atoms with E-state index >= 15 is 0 Å². The molecule has 1 aromatic rings. The Kier molecular flexibility index (Phi) is 3.90. The van der Waals surface area contributed by atoms with Crippen LogP contribution in [0.15, 0.2) is 22.7 Å². The molecule has 6 heteroatoms. The fraction of sp³-hybridized carbons (Fsp3) is 0.462. The molecule has 0 radical (unpaired) electrons. The number of rotatable bonds is 1. The molecule has 1 amide bonds. The van der Waals surface area contributed by atoms with Crippen LogP contribution in [0, 0.1) is 0 Å². The van der Waals surface area contributed by atoms with Gasteiger partial charge in [-0.1, -0.05) is 15.9 Å². The first kappa shape index (κ1) is 14.4. The molecular weight excluding hydrogens is 323 g/mol. The smallest absolute Gasteiger partial charge is 0.336 e. The molecule has 104 valence electrons. The van der Waals surface area contributed by atoms with Crippen molar-refractivity contribution >= 4 is 21.8 Å². The molecule has 2 nitrogen and oxygen atoms in total. The highest BCUT2D eigenvalue weighted by molar-refractivity contribution is 9.10. The van der Waals surface area contributed by atoms with E-state index < -0.39 is 11.7 Å². The summed E-state index contributed by atoms with van der Waals surface area (Å²) in [5, 5.41) is 0. The van der Waals surface area contributed by atoms with E-state index in [1.807, 2.05) is 6.92 Å². The number of hydrogen-bond donors (Lipinski definition) is 0. The van der Waals surface area contributed by atoms with E-state index in [2.05, 4.69) is 15.9 Å². The zero-order chi connectivity index (χ0) is 14.2. The molecule has 1 unspecified atom stereocenters. The first-order valence-electron chi connectivity index (χ1n) is 5.98. The number of halogens is 4. The van der Waals surface area contributed by atoms with Crippen molar-refractivity contribution in [1.29, 1.82) is 0 Å². The fourth-order valence-electron chi connectivity index (χ4n) is 2.28. The highest BCUT2D eigenvalue weighted by Crippen LogP contribution is 2.35. The number of likely N-dealkylation sites (tertiary alicyclic amines) is 1. The van der Waals surface area contributed by atoms with Crippen molar-refractivity contribution < 1.29 is 18.0 Å². The topological polar surface area (TPSA) is 20.3 Å². The zero-order valence-corrected chi connectivity index (χ0v) is 11.9. The molecule has 1 aliphatic rings. The van der Waals surface area contributed by atoms with Crippen LogP contribution in [0.5, 0.6) is 0 Å². The summed E-state index contributed by atoms with van der Waals surface area (Å²) < 4.78 is 37.8. The molecule has 0 aliphatic carbocycles. The summed E-state index contributed by atoms with van der Waals surface area (Å²) in [4.78, 5) is 13.9. The lowest BCUT2D eigenvalue weighted by molar-refractivity contribution is -0.138. The highest BCUT2D eigenvalue weighted by Gasteiger charge is 2.34. The van der Waals surface area contributed by atoms with Crippen LogP contribution in [-0.4, -0.2) is 23.4 Å². The minimum Gasteiger partial charge on any atom is -0.336 e. The van der Waals surface area contributed by atoms with E-state index in [4.69, 9.17) is 0 Å². The number of hydrogen-bond acceptors (Lipinski definition) is 1. The monoisotopic (exact) mass is 335 g/mol. The molecule has 0 saturated carbocycles. The van der Waals surface area contributed by atoms with Gasteiger partial charge in [-0.2, -0.15) is 13.2 Å². The van der Waals surface area contributed by atoms with Crippen molar-refractivity contribution in [3.8, 4) is 0 Å². The Bertz CT molecular complexity index is 501. The summed E-state index contributed by atoms with van der Waals surface area (Å²) in [6.45, 7) is 2.61. The van der Waals surface area contributed by atoms with Gasteiger partial charge in [0.2, 0.25) is 0 Å². The summed E-state index contributed by atoms with van der Waals surface area (Å²) >= 11 is 2.88. The molecule has 0 spiro atoms.